The predicted molar refractivity (Wildman–Crippen MR) is 49.1 cm³/mol. The molecule has 1 rings (SSSR count). The molecule has 0 aromatic carbocycles. The fraction of sp³-hybridized carbons (Fsp3) is 0.375. The number of aliphatic hydroxyl groups is 1. The van der Waals surface area contributed by atoms with Crippen LogP contribution >= 0.6 is 15.9 Å². The third kappa shape index (κ3) is 3.19. The number of pyridine rings is 1. The molecule has 1 N–H and O–H groups in total. The number of hydrogen-bond acceptors (Lipinski definition) is 3. The van der Waals surface area contributed by atoms with Crippen molar-refractivity contribution in [1.82, 2.24) is 4.98 Å². The zero-order chi connectivity index (χ0) is 8.81. The number of aliphatic hydroxyl groups excluding tert-OH is 1. The van der Waals surface area contributed by atoms with E-state index in [1.165, 1.54) is 0 Å². The number of rotatable bonds is 4. The van der Waals surface area contributed by atoms with Crippen LogP contribution in [0.25, 0.3) is 0 Å². The summed E-state index contributed by atoms with van der Waals surface area (Å²) in [6.45, 7) is 0.694. The van der Waals surface area contributed by atoms with E-state index >= 15 is 0 Å². The van der Waals surface area contributed by atoms with Crippen LogP contribution in [0.1, 0.15) is 6.42 Å². The van der Waals surface area contributed by atoms with Crippen LogP contribution in [0.5, 0.6) is 5.75 Å². The van der Waals surface area contributed by atoms with Crippen LogP contribution in [-0.2, 0) is 0 Å². The maximum Gasteiger partial charge on any atom is 0.123 e. The Bertz CT molecular complexity index is 242. The number of aromatic nitrogens is 1. The van der Waals surface area contributed by atoms with E-state index in [1.54, 1.807) is 18.3 Å². The van der Waals surface area contributed by atoms with Crippen molar-refractivity contribution in [3.8, 4) is 5.75 Å². The Labute approximate surface area is 79.5 Å². The number of hydrogen-bond donors (Lipinski definition) is 1. The summed E-state index contributed by atoms with van der Waals surface area (Å²) in [6.07, 6.45) is 2.32. The molecule has 0 aliphatic heterocycles. The van der Waals surface area contributed by atoms with E-state index in [1.807, 2.05) is 0 Å². The molecule has 0 amide bonds. The van der Waals surface area contributed by atoms with Gasteiger partial charge in [0, 0.05) is 25.3 Å². The summed E-state index contributed by atoms with van der Waals surface area (Å²) in [5.41, 5.74) is 0. The quantitative estimate of drug-likeness (QED) is 0.633. The van der Waals surface area contributed by atoms with E-state index in [-0.39, 0.29) is 6.61 Å². The highest BCUT2D eigenvalue weighted by Gasteiger charge is 1.94. The largest absolute Gasteiger partial charge is 0.493 e. The van der Waals surface area contributed by atoms with Gasteiger partial charge in [-0.15, -0.1) is 0 Å². The second-order valence-corrected chi connectivity index (χ2v) is 3.05. The van der Waals surface area contributed by atoms with Crippen molar-refractivity contribution in [2.45, 2.75) is 6.42 Å². The Morgan fingerprint density at radius 1 is 1.58 bits per heavy atom. The summed E-state index contributed by atoms with van der Waals surface area (Å²) in [7, 11) is 0. The molecule has 0 spiro atoms. The fourth-order valence-corrected chi connectivity index (χ4v) is 1.07. The number of nitrogens with zero attached hydrogens (tertiary/aromatic N) is 1. The molecule has 4 heteroatoms. The molecule has 1 aromatic heterocycles. The van der Waals surface area contributed by atoms with Gasteiger partial charge in [-0.25, -0.2) is 4.98 Å². The van der Waals surface area contributed by atoms with Crippen LogP contribution < -0.4 is 4.74 Å². The first-order valence-corrected chi connectivity index (χ1v) is 4.47. The van der Waals surface area contributed by atoms with Crippen molar-refractivity contribution in [2.75, 3.05) is 13.2 Å². The molecule has 3 nitrogen and oxygen atoms in total. The topological polar surface area (TPSA) is 42.4 Å². The minimum Gasteiger partial charge on any atom is -0.493 e. The van der Waals surface area contributed by atoms with Crippen LogP contribution in [0.2, 0.25) is 0 Å². The number of halogens is 1. The Balaban J connectivity index is 2.41. The molecule has 0 atom stereocenters. The highest BCUT2D eigenvalue weighted by molar-refractivity contribution is 9.10. The van der Waals surface area contributed by atoms with Crippen LogP contribution in [0, 0.1) is 0 Å². The van der Waals surface area contributed by atoms with Crippen molar-refractivity contribution in [3.63, 3.8) is 0 Å². The lowest BCUT2D eigenvalue weighted by molar-refractivity contribution is 0.233. The van der Waals surface area contributed by atoms with Gasteiger partial charge in [0.2, 0.25) is 0 Å². The first-order chi connectivity index (χ1) is 5.83. The van der Waals surface area contributed by atoms with E-state index < -0.39 is 0 Å². The van der Waals surface area contributed by atoms with E-state index in [4.69, 9.17) is 9.84 Å². The fourth-order valence-electron chi connectivity index (χ4n) is 0.729. The Hall–Kier alpha value is -0.610. The molecule has 1 heterocycles. The first-order valence-electron chi connectivity index (χ1n) is 3.68. The molecule has 0 aliphatic rings. The van der Waals surface area contributed by atoms with Crippen molar-refractivity contribution in [2.24, 2.45) is 0 Å². The van der Waals surface area contributed by atoms with E-state index in [2.05, 4.69) is 20.9 Å². The maximum atomic E-state index is 8.50. The predicted octanol–water partition coefficient (Wildman–Crippen LogP) is 1.61. The average molecular weight is 232 g/mol. The van der Waals surface area contributed by atoms with Crippen LogP contribution in [0.15, 0.2) is 22.9 Å². The van der Waals surface area contributed by atoms with Gasteiger partial charge in [-0.05, 0) is 22.0 Å². The molecule has 0 aliphatic carbocycles. The van der Waals surface area contributed by atoms with Gasteiger partial charge in [0.15, 0.2) is 0 Å². The zero-order valence-electron chi connectivity index (χ0n) is 6.53. The number of ether oxygens (including phenoxy) is 1. The van der Waals surface area contributed by atoms with Crippen molar-refractivity contribution < 1.29 is 9.84 Å². The smallest absolute Gasteiger partial charge is 0.123 e. The molecule has 0 radical (unpaired) electrons. The van der Waals surface area contributed by atoms with Crippen molar-refractivity contribution in [3.05, 3.63) is 22.9 Å². The van der Waals surface area contributed by atoms with Crippen molar-refractivity contribution >= 4 is 15.9 Å². The Morgan fingerprint density at radius 2 is 2.42 bits per heavy atom. The van der Waals surface area contributed by atoms with Crippen molar-refractivity contribution in [1.29, 1.82) is 0 Å². The van der Waals surface area contributed by atoms with Gasteiger partial charge in [-0.1, -0.05) is 0 Å². The van der Waals surface area contributed by atoms with Gasteiger partial charge in [0.05, 0.1) is 6.61 Å². The lowest BCUT2D eigenvalue weighted by Crippen LogP contribution is -1.99. The second-order valence-electron chi connectivity index (χ2n) is 2.24. The molecule has 0 unspecified atom stereocenters. The molecular formula is C8H10BrNO2. The molecule has 0 fully saturated rings. The third-order valence-electron chi connectivity index (χ3n) is 1.27. The molecule has 0 bridgehead atoms. The monoisotopic (exact) mass is 231 g/mol. The van der Waals surface area contributed by atoms with Gasteiger partial charge < -0.3 is 9.84 Å². The van der Waals surface area contributed by atoms with Gasteiger partial charge in [0.1, 0.15) is 10.4 Å². The first kappa shape index (κ1) is 9.48. The summed E-state index contributed by atoms with van der Waals surface area (Å²) in [5.74, 6) is 0.769. The lowest BCUT2D eigenvalue weighted by Gasteiger charge is -2.03. The summed E-state index contributed by atoms with van der Waals surface area (Å²) in [6, 6.07) is 3.57. The zero-order valence-corrected chi connectivity index (χ0v) is 8.12. The van der Waals surface area contributed by atoms with Crippen LogP contribution in [0.3, 0.4) is 0 Å². The third-order valence-corrected chi connectivity index (χ3v) is 1.70. The maximum absolute atomic E-state index is 8.50. The minimum absolute atomic E-state index is 0.159. The molecule has 1 aromatic rings. The summed E-state index contributed by atoms with van der Waals surface area (Å²) in [5, 5.41) is 8.50. The summed E-state index contributed by atoms with van der Waals surface area (Å²) >= 11 is 3.23. The highest BCUT2D eigenvalue weighted by Crippen LogP contribution is 2.14. The van der Waals surface area contributed by atoms with Crippen LogP contribution in [0.4, 0.5) is 0 Å². The molecule has 12 heavy (non-hydrogen) atoms. The normalized spacial score (nSPS) is 9.83. The van der Waals surface area contributed by atoms with Gasteiger partial charge in [-0.3, -0.25) is 0 Å². The molecular weight excluding hydrogens is 222 g/mol. The molecule has 0 saturated carbocycles. The van der Waals surface area contributed by atoms with Gasteiger partial charge in [-0.2, -0.15) is 0 Å². The molecule has 66 valence electrons. The van der Waals surface area contributed by atoms with E-state index in [9.17, 15) is 0 Å². The molecule has 0 saturated heterocycles. The Morgan fingerprint density at radius 3 is 3.08 bits per heavy atom. The Kier molecular flexibility index (Phi) is 4.04. The average Bonchev–Trinajstić information content (AvgIpc) is 2.05. The highest BCUT2D eigenvalue weighted by atomic mass is 79.9. The van der Waals surface area contributed by atoms with Gasteiger partial charge >= 0.3 is 0 Å². The van der Waals surface area contributed by atoms with Crippen LogP contribution in [-0.4, -0.2) is 23.3 Å². The standard InChI is InChI=1S/C8H10BrNO2/c9-8-6-7(2-3-10-8)12-5-1-4-11/h2-3,6,11H,1,4-5H2. The van der Waals surface area contributed by atoms with Gasteiger partial charge in [0.25, 0.3) is 0 Å². The lowest BCUT2D eigenvalue weighted by atomic mass is 10.4. The van der Waals surface area contributed by atoms with E-state index in [0.29, 0.717) is 13.0 Å². The second kappa shape index (κ2) is 5.11. The SMILES string of the molecule is OCCCOc1ccnc(Br)c1. The minimum atomic E-state index is 0.159. The summed E-state index contributed by atoms with van der Waals surface area (Å²) < 4.78 is 6.05. The van der Waals surface area contributed by atoms with E-state index in [0.717, 1.165) is 10.4 Å². The summed E-state index contributed by atoms with van der Waals surface area (Å²) in [4.78, 5) is 3.96.